The molecule has 1 aliphatic heterocycles. The first-order valence-corrected chi connectivity index (χ1v) is 5.68. The minimum absolute atomic E-state index is 0.582. The van der Waals surface area contributed by atoms with Crippen LogP contribution in [0.25, 0.3) is 0 Å². The third kappa shape index (κ3) is 2.17. The van der Waals surface area contributed by atoms with Crippen molar-refractivity contribution in [3.05, 3.63) is 18.3 Å². The van der Waals surface area contributed by atoms with Gasteiger partial charge in [-0.2, -0.15) is 0 Å². The Morgan fingerprint density at radius 3 is 3.20 bits per heavy atom. The quantitative estimate of drug-likeness (QED) is 0.739. The van der Waals surface area contributed by atoms with Gasteiger partial charge in [0.15, 0.2) is 11.6 Å². The number of halogens is 1. The zero-order valence-corrected chi connectivity index (χ0v) is 9.57. The normalized spacial score (nSPS) is 20.7. The van der Waals surface area contributed by atoms with Crippen LogP contribution in [-0.2, 0) is 0 Å². The van der Waals surface area contributed by atoms with Crippen molar-refractivity contribution in [2.75, 3.05) is 31.0 Å². The molecular formula is C11H15ClN2O. The molecule has 0 bridgehead atoms. The first-order valence-electron chi connectivity index (χ1n) is 5.15. The van der Waals surface area contributed by atoms with Gasteiger partial charge in [0.05, 0.1) is 7.11 Å². The van der Waals surface area contributed by atoms with Crippen molar-refractivity contribution in [2.45, 2.75) is 6.42 Å². The second-order valence-electron chi connectivity index (χ2n) is 3.78. The van der Waals surface area contributed by atoms with Gasteiger partial charge in [-0.25, -0.2) is 4.98 Å². The van der Waals surface area contributed by atoms with E-state index in [1.165, 1.54) is 0 Å². The molecule has 0 spiro atoms. The second kappa shape index (κ2) is 4.71. The van der Waals surface area contributed by atoms with Crippen LogP contribution in [0.5, 0.6) is 5.75 Å². The molecule has 3 nitrogen and oxygen atoms in total. The Hall–Kier alpha value is -0.960. The summed E-state index contributed by atoms with van der Waals surface area (Å²) < 4.78 is 5.29. The van der Waals surface area contributed by atoms with Gasteiger partial charge in [0, 0.05) is 25.2 Å². The number of pyridine rings is 1. The topological polar surface area (TPSA) is 25.4 Å². The highest BCUT2D eigenvalue weighted by atomic mass is 35.5. The zero-order chi connectivity index (χ0) is 10.7. The highest BCUT2D eigenvalue weighted by molar-refractivity contribution is 6.18. The van der Waals surface area contributed by atoms with E-state index < -0.39 is 0 Å². The number of rotatable bonds is 3. The van der Waals surface area contributed by atoms with Crippen molar-refractivity contribution in [2.24, 2.45) is 5.92 Å². The van der Waals surface area contributed by atoms with E-state index in [0.29, 0.717) is 5.92 Å². The highest BCUT2D eigenvalue weighted by Crippen LogP contribution is 2.29. The molecule has 0 aliphatic carbocycles. The minimum atomic E-state index is 0.582. The molecule has 1 fully saturated rings. The van der Waals surface area contributed by atoms with E-state index in [4.69, 9.17) is 16.3 Å². The standard InChI is InChI=1S/C11H15ClN2O/c1-15-10-3-2-5-13-11(10)14-6-4-9(7-12)8-14/h2-3,5,9H,4,6-8H2,1H3. The van der Waals surface area contributed by atoms with Crippen molar-refractivity contribution in [3.63, 3.8) is 0 Å². The van der Waals surface area contributed by atoms with E-state index in [2.05, 4.69) is 9.88 Å². The van der Waals surface area contributed by atoms with Gasteiger partial charge in [-0.05, 0) is 24.5 Å². The number of hydrogen-bond donors (Lipinski definition) is 0. The van der Waals surface area contributed by atoms with Crippen LogP contribution < -0.4 is 9.64 Å². The lowest BCUT2D eigenvalue weighted by molar-refractivity contribution is 0.413. The molecule has 15 heavy (non-hydrogen) atoms. The summed E-state index contributed by atoms with van der Waals surface area (Å²) in [6, 6.07) is 3.83. The predicted octanol–water partition coefficient (Wildman–Crippen LogP) is 2.16. The van der Waals surface area contributed by atoms with Crippen LogP contribution in [0.3, 0.4) is 0 Å². The van der Waals surface area contributed by atoms with Crippen molar-refractivity contribution in [1.29, 1.82) is 0 Å². The molecule has 1 unspecified atom stereocenters. The van der Waals surface area contributed by atoms with E-state index in [0.717, 1.165) is 37.0 Å². The Bertz CT molecular complexity index is 332. The molecule has 1 aliphatic rings. The van der Waals surface area contributed by atoms with Crippen LogP contribution in [-0.4, -0.2) is 31.1 Å². The molecule has 1 saturated heterocycles. The number of aromatic nitrogens is 1. The first kappa shape index (κ1) is 10.6. The van der Waals surface area contributed by atoms with E-state index >= 15 is 0 Å². The lowest BCUT2D eigenvalue weighted by atomic mass is 10.2. The predicted molar refractivity (Wildman–Crippen MR) is 61.8 cm³/mol. The van der Waals surface area contributed by atoms with Gasteiger partial charge in [0.25, 0.3) is 0 Å². The highest BCUT2D eigenvalue weighted by Gasteiger charge is 2.24. The maximum atomic E-state index is 5.86. The number of anilines is 1. The lowest BCUT2D eigenvalue weighted by Gasteiger charge is -2.19. The molecule has 2 heterocycles. The van der Waals surface area contributed by atoms with E-state index in [1.54, 1.807) is 13.3 Å². The smallest absolute Gasteiger partial charge is 0.171 e. The van der Waals surface area contributed by atoms with Crippen LogP contribution in [0.4, 0.5) is 5.82 Å². The van der Waals surface area contributed by atoms with Crippen molar-refractivity contribution in [3.8, 4) is 5.75 Å². The largest absolute Gasteiger partial charge is 0.493 e. The lowest BCUT2D eigenvalue weighted by Crippen LogP contribution is -2.21. The average molecular weight is 227 g/mol. The summed E-state index contributed by atoms with van der Waals surface area (Å²) in [6.45, 7) is 2.00. The third-order valence-electron chi connectivity index (χ3n) is 2.77. The van der Waals surface area contributed by atoms with Gasteiger partial charge < -0.3 is 9.64 Å². The molecule has 0 aromatic carbocycles. The molecule has 82 valence electrons. The molecule has 1 aromatic heterocycles. The first-order chi connectivity index (χ1) is 7.35. The summed E-state index contributed by atoms with van der Waals surface area (Å²) in [4.78, 5) is 6.60. The van der Waals surface area contributed by atoms with Crippen LogP contribution in [0, 0.1) is 5.92 Å². The van der Waals surface area contributed by atoms with E-state index in [1.807, 2.05) is 12.1 Å². The van der Waals surface area contributed by atoms with Crippen LogP contribution in [0.1, 0.15) is 6.42 Å². The molecule has 4 heteroatoms. The van der Waals surface area contributed by atoms with Gasteiger partial charge in [0.1, 0.15) is 0 Å². The number of ether oxygens (including phenoxy) is 1. The van der Waals surface area contributed by atoms with Gasteiger partial charge >= 0.3 is 0 Å². The van der Waals surface area contributed by atoms with Crippen LogP contribution in [0.15, 0.2) is 18.3 Å². The number of nitrogens with zero attached hydrogens (tertiary/aromatic N) is 2. The Morgan fingerprint density at radius 1 is 1.67 bits per heavy atom. The molecular weight excluding hydrogens is 212 g/mol. The molecule has 0 N–H and O–H groups in total. The van der Waals surface area contributed by atoms with E-state index in [9.17, 15) is 0 Å². The van der Waals surface area contributed by atoms with Crippen molar-refractivity contribution < 1.29 is 4.74 Å². The third-order valence-corrected chi connectivity index (χ3v) is 3.21. The van der Waals surface area contributed by atoms with Gasteiger partial charge in [-0.1, -0.05) is 0 Å². The fraction of sp³-hybridized carbons (Fsp3) is 0.545. The summed E-state index contributed by atoms with van der Waals surface area (Å²) in [5, 5.41) is 0. The fourth-order valence-corrected chi connectivity index (χ4v) is 2.18. The molecule has 0 saturated carbocycles. The average Bonchev–Trinajstić information content (AvgIpc) is 2.77. The second-order valence-corrected chi connectivity index (χ2v) is 4.09. The fourth-order valence-electron chi connectivity index (χ4n) is 1.93. The maximum Gasteiger partial charge on any atom is 0.171 e. The molecule has 0 radical (unpaired) electrons. The molecule has 2 rings (SSSR count). The number of hydrogen-bond acceptors (Lipinski definition) is 3. The monoisotopic (exact) mass is 226 g/mol. The van der Waals surface area contributed by atoms with Crippen LogP contribution >= 0.6 is 11.6 Å². The molecule has 1 atom stereocenters. The SMILES string of the molecule is COc1cccnc1N1CCC(CCl)C1. The summed E-state index contributed by atoms with van der Waals surface area (Å²) in [5.74, 6) is 3.09. The maximum absolute atomic E-state index is 5.86. The van der Waals surface area contributed by atoms with Crippen molar-refractivity contribution in [1.82, 2.24) is 4.98 Å². The minimum Gasteiger partial charge on any atom is -0.493 e. The summed E-state index contributed by atoms with van der Waals surface area (Å²) in [7, 11) is 1.68. The van der Waals surface area contributed by atoms with Gasteiger partial charge in [-0.15, -0.1) is 11.6 Å². The number of methoxy groups -OCH3 is 1. The Labute approximate surface area is 95.0 Å². The van der Waals surface area contributed by atoms with Crippen LogP contribution in [0.2, 0.25) is 0 Å². The van der Waals surface area contributed by atoms with E-state index in [-0.39, 0.29) is 0 Å². The van der Waals surface area contributed by atoms with Gasteiger partial charge in [-0.3, -0.25) is 0 Å². The molecule has 0 amide bonds. The summed E-state index contributed by atoms with van der Waals surface area (Å²) in [6.07, 6.45) is 2.94. The van der Waals surface area contributed by atoms with Crippen molar-refractivity contribution >= 4 is 17.4 Å². The Morgan fingerprint density at radius 2 is 2.53 bits per heavy atom. The summed E-state index contributed by atoms with van der Waals surface area (Å²) in [5.41, 5.74) is 0. The Kier molecular flexibility index (Phi) is 3.31. The number of alkyl halides is 1. The molecule has 1 aromatic rings. The zero-order valence-electron chi connectivity index (χ0n) is 8.82. The van der Waals surface area contributed by atoms with Gasteiger partial charge in [0.2, 0.25) is 0 Å². The Balaban J connectivity index is 2.16. The summed E-state index contributed by atoms with van der Waals surface area (Å²) >= 11 is 5.86.